The molecule has 0 unspecified atom stereocenters. The van der Waals surface area contributed by atoms with Crippen LogP contribution >= 0.6 is 0 Å². The van der Waals surface area contributed by atoms with Crippen molar-refractivity contribution in [3.8, 4) is 5.75 Å². The number of anilines is 1. The number of hydrogen-bond acceptors (Lipinski definition) is 3. The first-order valence-corrected chi connectivity index (χ1v) is 8.37. The summed E-state index contributed by atoms with van der Waals surface area (Å²) < 4.78 is 5.62. The van der Waals surface area contributed by atoms with Gasteiger partial charge in [-0.15, -0.1) is 0 Å². The molecule has 1 aromatic carbocycles. The lowest BCUT2D eigenvalue weighted by Crippen LogP contribution is -2.33. The van der Waals surface area contributed by atoms with Gasteiger partial charge in [0.2, 0.25) is 0 Å². The molecule has 1 aliphatic rings. The average Bonchev–Trinajstić information content (AvgIpc) is 2.52. The summed E-state index contributed by atoms with van der Waals surface area (Å²) >= 11 is 0. The second-order valence-corrected chi connectivity index (χ2v) is 6.21. The third kappa shape index (κ3) is 4.63. The van der Waals surface area contributed by atoms with Crippen LogP contribution in [0.4, 0.5) is 5.69 Å². The largest absolute Gasteiger partial charge is 0.495 e. The van der Waals surface area contributed by atoms with E-state index >= 15 is 0 Å². The number of hydrogen-bond donors (Lipinski definition) is 1. The summed E-state index contributed by atoms with van der Waals surface area (Å²) in [5.41, 5.74) is 2.55. The number of ether oxygens (including phenoxy) is 1. The average molecular weight is 290 g/mol. The molecule has 0 aliphatic carbocycles. The molecular weight excluding hydrogens is 260 g/mol. The van der Waals surface area contributed by atoms with Gasteiger partial charge in [-0.3, -0.25) is 0 Å². The smallest absolute Gasteiger partial charge is 0.142 e. The van der Waals surface area contributed by atoms with Crippen molar-refractivity contribution in [3.05, 3.63) is 23.8 Å². The van der Waals surface area contributed by atoms with Gasteiger partial charge in [-0.1, -0.05) is 26.3 Å². The highest BCUT2D eigenvalue weighted by atomic mass is 16.5. The summed E-state index contributed by atoms with van der Waals surface area (Å²) in [5, 5.41) is 3.49. The molecule has 1 saturated heterocycles. The molecule has 0 amide bonds. The SMILES string of the molecule is CCCCNCc1ccc(N2CCC(C)CC2)c(OC)c1. The maximum absolute atomic E-state index is 5.62. The van der Waals surface area contributed by atoms with Crippen molar-refractivity contribution in [2.75, 3.05) is 31.6 Å². The molecular formula is C18H30N2O. The quantitative estimate of drug-likeness (QED) is 0.773. The van der Waals surface area contributed by atoms with E-state index in [1.54, 1.807) is 7.11 Å². The third-order valence-electron chi connectivity index (χ3n) is 4.40. The lowest BCUT2D eigenvalue weighted by Gasteiger charge is -2.33. The van der Waals surface area contributed by atoms with Crippen LogP contribution in [0.2, 0.25) is 0 Å². The number of rotatable bonds is 7. The predicted octanol–water partition coefficient (Wildman–Crippen LogP) is 3.82. The summed E-state index contributed by atoms with van der Waals surface area (Å²) in [6.45, 7) is 8.87. The normalized spacial score (nSPS) is 16.2. The molecule has 1 heterocycles. The van der Waals surface area contributed by atoms with Crippen molar-refractivity contribution in [1.82, 2.24) is 5.32 Å². The van der Waals surface area contributed by atoms with Crippen molar-refractivity contribution in [2.24, 2.45) is 5.92 Å². The molecule has 2 rings (SSSR count). The first kappa shape index (κ1) is 16.2. The highest BCUT2D eigenvalue weighted by Gasteiger charge is 2.18. The second kappa shape index (κ2) is 8.28. The second-order valence-electron chi connectivity index (χ2n) is 6.21. The molecule has 118 valence electrons. The van der Waals surface area contributed by atoms with E-state index in [1.165, 1.54) is 36.9 Å². The zero-order valence-corrected chi connectivity index (χ0v) is 13.8. The number of methoxy groups -OCH3 is 1. The van der Waals surface area contributed by atoms with Crippen LogP contribution in [0.15, 0.2) is 18.2 Å². The maximum atomic E-state index is 5.62. The van der Waals surface area contributed by atoms with Gasteiger partial charge < -0.3 is 15.0 Å². The van der Waals surface area contributed by atoms with Gasteiger partial charge >= 0.3 is 0 Å². The number of unbranched alkanes of at least 4 members (excludes halogenated alkanes) is 1. The zero-order chi connectivity index (χ0) is 15.1. The minimum atomic E-state index is 0.856. The minimum Gasteiger partial charge on any atom is -0.495 e. The summed E-state index contributed by atoms with van der Waals surface area (Å²) in [4.78, 5) is 2.47. The zero-order valence-electron chi connectivity index (χ0n) is 13.8. The van der Waals surface area contributed by atoms with Gasteiger partial charge in [0.25, 0.3) is 0 Å². The number of nitrogens with zero attached hydrogens (tertiary/aromatic N) is 1. The van der Waals surface area contributed by atoms with Crippen molar-refractivity contribution >= 4 is 5.69 Å². The predicted molar refractivity (Wildman–Crippen MR) is 90.2 cm³/mol. The first-order chi connectivity index (χ1) is 10.2. The molecule has 3 nitrogen and oxygen atoms in total. The fourth-order valence-corrected chi connectivity index (χ4v) is 2.88. The molecule has 3 heteroatoms. The minimum absolute atomic E-state index is 0.856. The maximum Gasteiger partial charge on any atom is 0.142 e. The van der Waals surface area contributed by atoms with Crippen LogP contribution in [0.1, 0.15) is 45.1 Å². The van der Waals surface area contributed by atoms with E-state index in [0.29, 0.717) is 0 Å². The van der Waals surface area contributed by atoms with Gasteiger partial charge in [0, 0.05) is 19.6 Å². The van der Waals surface area contributed by atoms with Crippen molar-refractivity contribution < 1.29 is 4.74 Å². The van der Waals surface area contributed by atoms with Crippen LogP contribution in [-0.2, 0) is 6.54 Å². The summed E-state index contributed by atoms with van der Waals surface area (Å²) in [6, 6.07) is 6.65. The Morgan fingerprint density at radius 2 is 2.05 bits per heavy atom. The molecule has 0 atom stereocenters. The first-order valence-electron chi connectivity index (χ1n) is 8.37. The van der Waals surface area contributed by atoms with Gasteiger partial charge in [-0.2, -0.15) is 0 Å². The highest BCUT2D eigenvalue weighted by molar-refractivity contribution is 5.60. The molecule has 1 fully saturated rings. The van der Waals surface area contributed by atoms with E-state index in [0.717, 1.165) is 37.8 Å². The Morgan fingerprint density at radius 1 is 1.29 bits per heavy atom. The highest BCUT2D eigenvalue weighted by Crippen LogP contribution is 2.32. The Morgan fingerprint density at radius 3 is 2.71 bits per heavy atom. The van der Waals surface area contributed by atoms with Crippen molar-refractivity contribution in [2.45, 2.75) is 46.1 Å². The molecule has 0 bridgehead atoms. The fraction of sp³-hybridized carbons (Fsp3) is 0.667. The van der Waals surface area contributed by atoms with Crippen LogP contribution in [0, 0.1) is 5.92 Å². The molecule has 1 N–H and O–H groups in total. The lowest BCUT2D eigenvalue weighted by molar-refractivity contribution is 0.403. The molecule has 0 spiro atoms. The van der Waals surface area contributed by atoms with Gasteiger partial charge in [-0.25, -0.2) is 0 Å². The van der Waals surface area contributed by atoms with E-state index in [2.05, 4.69) is 42.3 Å². The Kier molecular flexibility index (Phi) is 6.37. The van der Waals surface area contributed by atoms with Gasteiger partial charge in [0.15, 0.2) is 0 Å². The summed E-state index contributed by atoms with van der Waals surface area (Å²) in [7, 11) is 1.78. The van der Waals surface area contributed by atoms with Crippen molar-refractivity contribution in [1.29, 1.82) is 0 Å². The van der Waals surface area contributed by atoms with Crippen LogP contribution in [0.5, 0.6) is 5.75 Å². The van der Waals surface area contributed by atoms with E-state index in [1.807, 2.05) is 0 Å². The van der Waals surface area contributed by atoms with Crippen LogP contribution < -0.4 is 15.0 Å². The Labute approximate surface area is 129 Å². The molecule has 0 saturated carbocycles. The van der Waals surface area contributed by atoms with E-state index in [9.17, 15) is 0 Å². The van der Waals surface area contributed by atoms with Crippen LogP contribution in [0.3, 0.4) is 0 Å². The van der Waals surface area contributed by atoms with Crippen LogP contribution in [0.25, 0.3) is 0 Å². The molecule has 1 aromatic rings. The van der Waals surface area contributed by atoms with Crippen LogP contribution in [-0.4, -0.2) is 26.7 Å². The van der Waals surface area contributed by atoms with E-state index in [4.69, 9.17) is 4.74 Å². The fourth-order valence-electron chi connectivity index (χ4n) is 2.88. The molecule has 0 radical (unpaired) electrons. The van der Waals surface area contributed by atoms with Gasteiger partial charge in [0.05, 0.1) is 12.8 Å². The molecule has 21 heavy (non-hydrogen) atoms. The standard InChI is InChI=1S/C18H30N2O/c1-4-5-10-19-14-16-6-7-17(18(13-16)21-3)20-11-8-15(2)9-12-20/h6-7,13,15,19H,4-5,8-12,14H2,1-3H3. The molecule has 0 aromatic heterocycles. The van der Waals surface area contributed by atoms with Gasteiger partial charge in [0.1, 0.15) is 5.75 Å². The Hall–Kier alpha value is -1.22. The van der Waals surface area contributed by atoms with E-state index < -0.39 is 0 Å². The number of nitrogens with one attached hydrogen (secondary N) is 1. The molecule has 1 aliphatic heterocycles. The number of piperidine rings is 1. The number of benzene rings is 1. The third-order valence-corrected chi connectivity index (χ3v) is 4.40. The van der Waals surface area contributed by atoms with Gasteiger partial charge in [-0.05, 0) is 49.4 Å². The Balaban J connectivity index is 1.99. The summed E-state index contributed by atoms with van der Waals surface area (Å²) in [5.74, 6) is 1.87. The topological polar surface area (TPSA) is 24.5 Å². The lowest BCUT2D eigenvalue weighted by atomic mass is 9.98. The van der Waals surface area contributed by atoms with Crippen molar-refractivity contribution in [3.63, 3.8) is 0 Å². The summed E-state index contributed by atoms with van der Waals surface area (Å²) in [6.07, 6.45) is 5.04. The monoisotopic (exact) mass is 290 g/mol. The van der Waals surface area contributed by atoms with E-state index in [-0.39, 0.29) is 0 Å². The Bertz CT molecular complexity index is 425.